The number of rotatable bonds is 2. The van der Waals surface area contributed by atoms with Gasteiger partial charge in [0.2, 0.25) is 0 Å². The Labute approximate surface area is 98.0 Å². The monoisotopic (exact) mass is 249 g/mol. The smallest absolute Gasteiger partial charge is 0.0374 e. The third-order valence-corrected chi connectivity index (χ3v) is 3.26. The predicted octanol–water partition coefficient (Wildman–Crippen LogP) is 0.952. The van der Waals surface area contributed by atoms with Crippen LogP contribution in [0.5, 0.6) is 0 Å². The first-order valence-corrected chi connectivity index (χ1v) is 3.78. The normalized spacial score (nSPS) is 38.8. The van der Waals surface area contributed by atoms with Crippen LogP contribution < -0.4 is 11.3 Å². The second-order valence-corrected chi connectivity index (χ2v) is 4.07. The predicted molar refractivity (Wildman–Crippen MR) is 62.1 cm³/mol. The fourth-order valence-electron chi connectivity index (χ4n) is 2.36. The zero-order chi connectivity index (χ0) is 7.41. The summed E-state index contributed by atoms with van der Waals surface area (Å²) < 4.78 is 0. The summed E-state index contributed by atoms with van der Waals surface area (Å²) in [4.78, 5) is 2.33. The van der Waals surface area contributed by atoms with Gasteiger partial charge in [0.15, 0.2) is 0 Å². The van der Waals surface area contributed by atoms with Crippen LogP contribution in [0.4, 0.5) is 0 Å². The van der Waals surface area contributed by atoms with E-state index in [0.717, 1.165) is 0 Å². The van der Waals surface area contributed by atoms with Gasteiger partial charge in [0, 0.05) is 11.1 Å². The minimum Gasteiger partial charge on any atom is -0.304 e. The van der Waals surface area contributed by atoms with E-state index in [9.17, 15) is 0 Å². The summed E-state index contributed by atoms with van der Waals surface area (Å²) >= 11 is 0. The largest absolute Gasteiger partial charge is 0.304 e. The van der Waals surface area contributed by atoms with Crippen molar-refractivity contribution in [2.45, 2.75) is 30.3 Å². The van der Waals surface area contributed by atoms with Crippen LogP contribution in [0, 0.1) is 0 Å². The van der Waals surface area contributed by atoms with E-state index in [1.54, 1.807) is 0 Å². The van der Waals surface area contributed by atoms with Gasteiger partial charge in [-0.1, -0.05) is 0 Å². The standard InChI is InChI=1S/C7H15N3.3ClH/c1-10(2)7-3-6(4-7,5-7)9-8;;;/h9H,3-5,8H2,1-2H3;3*1H. The van der Waals surface area contributed by atoms with Crippen LogP contribution in [-0.2, 0) is 0 Å². The van der Waals surface area contributed by atoms with Gasteiger partial charge >= 0.3 is 0 Å². The molecule has 0 heterocycles. The molecule has 0 unspecified atom stereocenters. The zero-order valence-electron chi connectivity index (χ0n) is 7.87. The maximum absolute atomic E-state index is 5.40. The van der Waals surface area contributed by atoms with Crippen LogP contribution in [0.15, 0.2) is 0 Å². The Morgan fingerprint density at radius 3 is 1.69 bits per heavy atom. The second-order valence-electron chi connectivity index (χ2n) is 4.07. The van der Waals surface area contributed by atoms with Crippen LogP contribution in [0.1, 0.15) is 19.3 Å². The summed E-state index contributed by atoms with van der Waals surface area (Å²) in [7, 11) is 4.30. The maximum Gasteiger partial charge on any atom is 0.0374 e. The molecule has 0 spiro atoms. The minimum atomic E-state index is 0. The van der Waals surface area contributed by atoms with E-state index in [2.05, 4.69) is 24.4 Å². The van der Waals surface area contributed by atoms with Gasteiger partial charge in [0.05, 0.1) is 0 Å². The molecule has 13 heavy (non-hydrogen) atoms. The van der Waals surface area contributed by atoms with E-state index in [1.165, 1.54) is 19.3 Å². The summed E-state index contributed by atoms with van der Waals surface area (Å²) in [6.07, 6.45) is 3.72. The lowest BCUT2D eigenvalue weighted by molar-refractivity contribution is -0.162. The van der Waals surface area contributed by atoms with Crippen LogP contribution in [0.2, 0.25) is 0 Å². The molecule has 3 nitrogen and oxygen atoms in total. The molecular formula is C7H18Cl3N3. The first kappa shape index (κ1) is 16.2. The SMILES string of the molecule is CN(C)C12CC(NN)(C1)C2.Cl.Cl.Cl. The quantitative estimate of drug-likeness (QED) is 0.566. The van der Waals surface area contributed by atoms with Gasteiger partial charge in [-0.25, -0.2) is 0 Å². The van der Waals surface area contributed by atoms with Gasteiger partial charge in [0.1, 0.15) is 0 Å². The van der Waals surface area contributed by atoms with Crippen LogP contribution >= 0.6 is 37.2 Å². The molecule has 3 aliphatic rings. The molecule has 0 radical (unpaired) electrons. The molecule has 3 N–H and O–H groups in total. The molecule has 82 valence electrons. The highest BCUT2D eigenvalue weighted by molar-refractivity contribution is 5.86. The highest BCUT2D eigenvalue weighted by Gasteiger charge is 2.68. The van der Waals surface area contributed by atoms with E-state index in [-0.39, 0.29) is 37.2 Å². The minimum absolute atomic E-state index is 0. The summed E-state index contributed by atoms with van der Waals surface area (Å²) in [6, 6.07) is 0. The molecule has 0 aromatic carbocycles. The van der Waals surface area contributed by atoms with E-state index >= 15 is 0 Å². The molecule has 3 aliphatic carbocycles. The van der Waals surface area contributed by atoms with Gasteiger partial charge in [-0.15, -0.1) is 37.2 Å². The molecule has 3 saturated carbocycles. The van der Waals surface area contributed by atoms with Crippen molar-refractivity contribution in [3.8, 4) is 0 Å². The molecule has 0 atom stereocenters. The molecular weight excluding hydrogens is 232 g/mol. The lowest BCUT2D eigenvalue weighted by Crippen LogP contribution is -2.83. The van der Waals surface area contributed by atoms with Crippen molar-refractivity contribution in [3.63, 3.8) is 0 Å². The summed E-state index contributed by atoms with van der Waals surface area (Å²) in [5, 5.41) is 0. The molecule has 0 aromatic heterocycles. The van der Waals surface area contributed by atoms with E-state index in [0.29, 0.717) is 11.1 Å². The summed E-state index contributed by atoms with van der Waals surface area (Å²) in [6.45, 7) is 0. The Hall–Kier alpha value is 0.750. The lowest BCUT2D eigenvalue weighted by Gasteiger charge is -2.72. The summed E-state index contributed by atoms with van der Waals surface area (Å²) in [5.74, 6) is 5.40. The molecule has 2 bridgehead atoms. The molecule has 3 rings (SSSR count). The van der Waals surface area contributed by atoms with E-state index in [1.807, 2.05) is 0 Å². The second kappa shape index (κ2) is 4.51. The Bertz CT molecular complexity index is 155. The number of hydrazine groups is 1. The third-order valence-electron chi connectivity index (χ3n) is 3.26. The van der Waals surface area contributed by atoms with Crippen molar-refractivity contribution in [1.29, 1.82) is 0 Å². The molecule has 0 aromatic rings. The average molecular weight is 251 g/mol. The van der Waals surface area contributed by atoms with Crippen molar-refractivity contribution in [3.05, 3.63) is 0 Å². The first-order valence-electron chi connectivity index (χ1n) is 3.78. The van der Waals surface area contributed by atoms with Crippen molar-refractivity contribution >= 4 is 37.2 Å². The maximum atomic E-state index is 5.40. The molecule has 3 fully saturated rings. The van der Waals surface area contributed by atoms with E-state index < -0.39 is 0 Å². The average Bonchev–Trinajstić information content (AvgIpc) is 1.57. The highest BCUT2D eigenvalue weighted by atomic mass is 35.5. The topological polar surface area (TPSA) is 41.3 Å². The van der Waals surface area contributed by atoms with Gasteiger partial charge < -0.3 is 4.90 Å². The highest BCUT2D eigenvalue weighted by Crippen LogP contribution is 2.62. The molecule has 0 amide bonds. The molecule has 0 saturated heterocycles. The van der Waals surface area contributed by atoms with Crippen molar-refractivity contribution in [2.75, 3.05) is 14.1 Å². The van der Waals surface area contributed by atoms with E-state index in [4.69, 9.17) is 5.84 Å². The zero-order valence-corrected chi connectivity index (χ0v) is 10.3. The van der Waals surface area contributed by atoms with Gasteiger partial charge in [-0.2, -0.15) is 0 Å². The van der Waals surface area contributed by atoms with Gasteiger partial charge in [-0.05, 0) is 33.4 Å². The Balaban J connectivity index is 0. The Kier molecular flexibility index (Phi) is 5.62. The van der Waals surface area contributed by atoms with Crippen molar-refractivity contribution in [2.24, 2.45) is 5.84 Å². The molecule has 6 heteroatoms. The fraction of sp³-hybridized carbons (Fsp3) is 1.00. The molecule has 0 aliphatic heterocycles. The third kappa shape index (κ3) is 1.91. The number of nitrogens with zero attached hydrogens (tertiary/aromatic N) is 1. The summed E-state index contributed by atoms with van der Waals surface area (Å²) in [5.41, 5.74) is 3.75. The Morgan fingerprint density at radius 1 is 1.08 bits per heavy atom. The number of halogens is 3. The van der Waals surface area contributed by atoms with Crippen LogP contribution in [-0.4, -0.2) is 30.1 Å². The van der Waals surface area contributed by atoms with Crippen LogP contribution in [0.3, 0.4) is 0 Å². The first-order chi connectivity index (χ1) is 4.63. The van der Waals surface area contributed by atoms with Gasteiger partial charge in [-0.3, -0.25) is 11.3 Å². The Morgan fingerprint density at radius 2 is 1.46 bits per heavy atom. The lowest BCUT2D eigenvalue weighted by atomic mass is 9.44. The number of nitrogens with one attached hydrogen (secondary N) is 1. The van der Waals surface area contributed by atoms with Crippen LogP contribution in [0.25, 0.3) is 0 Å². The number of nitrogens with two attached hydrogens (primary N) is 1. The van der Waals surface area contributed by atoms with Crippen molar-refractivity contribution in [1.82, 2.24) is 10.3 Å². The fourth-order valence-corrected chi connectivity index (χ4v) is 2.36. The van der Waals surface area contributed by atoms with Crippen molar-refractivity contribution < 1.29 is 0 Å². The number of hydrogen-bond donors (Lipinski definition) is 2. The number of hydrogen-bond acceptors (Lipinski definition) is 3. The van der Waals surface area contributed by atoms with Gasteiger partial charge in [0.25, 0.3) is 0 Å².